The van der Waals surface area contributed by atoms with E-state index in [4.69, 9.17) is 14.5 Å². The van der Waals surface area contributed by atoms with Gasteiger partial charge in [-0.3, -0.25) is 0 Å². The summed E-state index contributed by atoms with van der Waals surface area (Å²) in [4.78, 5) is 7.07. The van der Waals surface area contributed by atoms with Crippen molar-refractivity contribution in [2.24, 2.45) is 0 Å². The van der Waals surface area contributed by atoms with Gasteiger partial charge in [0.15, 0.2) is 5.82 Å². The Balaban J connectivity index is 1.35. The number of hydrogen-bond acceptors (Lipinski definition) is 6. The topological polar surface area (TPSA) is 60.4 Å². The maximum Gasteiger partial charge on any atom is 0.182 e. The van der Waals surface area contributed by atoms with Crippen molar-refractivity contribution in [2.45, 2.75) is 0 Å². The molecule has 0 spiro atoms. The molecular formula is C35H28N4O2. The Kier molecular flexibility index (Phi) is 7.36. The van der Waals surface area contributed by atoms with Gasteiger partial charge >= 0.3 is 0 Å². The summed E-state index contributed by atoms with van der Waals surface area (Å²) >= 11 is 0. The lowest BCUT2D eigenvalue weighted by atomic mass is 10.0. The summed E-state index contributed by atoms with van der Waals surface area (Å²) < 4.78 is 12.0. The molecule has 0 aliphatic carbocycles. The van der Waals surface area contributed by atoms with Crippen molar-refractivity contribution in [1.82, 2.24) is 15.2 Å². The molecule has 0 atom stereocenters. The van der Waals surface area contributed by atoms with Gasteiger partial charge in [0, 0.05) is 36.5 Å². The lowest BCUT2D eigenvalue weighted by Crippen LogP contribution is -2.08. The van der Waals surface area contributed by atoms with Crippen LogP contribution < -0.4 is 14.4 Å². The third-order valence-corrected chi connectivity index (χ3v) is 6.54. The first-order valence-electron chi connectivity index (χ1n) is 13.3. The highest BCUT2D eigenvalue weighted by molar-refractivity contribution is 5.79. The number of hydrogen-bond donors (Lipinski definition) is 0. The second kappa shape index (κ2) is 11.7. The highest BCUT2D eigenvalue weighted by Gasteiger charge is 2.16. The third kappa shape index (κ3) is 6.07. The van der Waals surface area contributed by atoms with Crippen LogP contribution in [0.2, 0.25) is 0 Å². The van der Waals surface area contributed by atoms with Crippen LogP contribution >= 0.6 is 0 Å². The molecule has 0 unspecified atom stereocenters. The zero-order chi connectivity index (χ0) is 28.0. The molecule has 41 heavy (non-hydrogen) atoms. The average molecular weight is 537 g/mol. The van der Waals surface area contributed by atoms with Crippen molar-refractivity contribution >= 4 is 5.69 Å². The fourth-order valence-corrected chi connectivity index (χ4v) is 4.36. The van der Waals surface area contributed by atoms with Gasteiger partial charge < -0.3 is 14.4 Å². The second-order valence-electron chi connectivity index (χ2n) is 9.65. The van der Waals surface area contributed by atoms with Crippen molar-refractivity contribution in [3.63, 3.8) is 0 Å². The molecule has 6 nitrogen and oxygen atoms in total. The number of para-hydroxylation sites is 2. The predicted octanol–water partition coefficient (Wildman–Crippen LogP) is 8.52. The first-order valence-corrected chi connectivity index (χ1v) is 13.3. The molecule has 0 fully saturated rings. The number of aromatic nitrogens is 3. The van der Waals surface area contributed by atoms with Crippen LogP contribution in [0.25, 0.3) is 33.9 Å². The number of nitrogens with zero attached hydrogens (tertiary/aromatic N) is 4. The molecule has 0 N–H and O–H groups in total. The lowest BCUT2D eigenvalue weighted by molar-refractivity contribution is 0.482. The first kappa shape index (κ1) is 25.8. The van der Waals surface area contributed by atoms with Crippen LogP contribution in [-0.2, 0) is 0 Å². The summed E-state index contributed by atoms with van der Waals surface area (Å²) in [6, 6.07) is 43.3. The van der Waals surface area contributed by atoms with Gasteiger partial charge in [-0.1, -0.05) is 36.4 Å². The molecule has 6 aromatic rings. The monoisotopic (exact) mass is 536 g/mol. The third-order valence-electron chi connectivity index (χ3n) is 6.54. The Morgan fingerprint density at radius 1 is 0.439 bits per heavy atom. The van der Waals surface area contributed by atoms with E-state index < -0.39 is 0 Å². The van der Waals surface area contributed by atoms with Gasteiger partial charge in [0.25, 0.3) is 0 Å². The van der Waals surface area contributed by atoms with Crippen LogP contribution in [0, 0.1) is 0 Å². The Hall–Kier alpha value is -5.49. The minimum Gasteiger partial charge on any atom is -0.457 e. The normalized spacial score (nSPS) is 10.7. The molecule has 1 heterocycles. The van der Waals surface area contributed by atoms with Crippen molar-refractivity contribution in [1.29, 1.82) is 0 Å². The van der Waals surface area contributed by atoms with Crippen LogP contribution in [-0.4, -0.2) is 29.3 Å². The van der Waals surface area contributed by atoms with Crippen molar-refractivity contribution in [3.8, 4) is 56.9 Å². The van der Waals surface area contributed by atoms with Crippen LogP contribution in [0.5, 0.6) is 23.0 Å². The maximum absolute atomic E-state index is 6.00. The molecule has 6 heteroatoms. The van der Waals surface area contributed by atoms with Gasteiger partial charge in [-0.2, -0.15) is 0 Å². The summed E-state index contributed by atoms with van der Waals surface area (Å²) in [7, 11) is 4.03. The number of anilines is 1. The van der Waals surface area contributed by atoms with Crippen molar-refractivity contribution in [3.05, 3.63) is 133 Å². The highest BCUT2D eigenvalue weighted by Crippen LogP contribution is 2.33. The van der Waals surface area contributed by atoms with Gasteiger partial charge in [-0.15, -0.1) is 10.2 Å². The first-order chi connectivity index (χ1) is 20.1. The Bertz CT molecular complexity index is 1720. The average Bonchev–Trinajstić information content (AvgIpc) is 3.03. The Labute approximate surface area is 239 Å². The fraction of sp³-hybridized carbons (Fsp3) is 0.0571. The van der Waals surface area contributed by atoms with E-state index in [0.29, 0.717) is 11.5 Å². The molecule has 0 saturated heterocycles. The van der Waals surface area contributed by atoms with Crippen LogP contribution in [0.3, 0.4) is 0 Å². The van der Waals surface area contributed by atoms with Crippen molar-refractivity contribution < 1.29 is 9.47 Å². The minimum atomic E-state index is 0.558. The molecule has 200 valence electrons. The molecule has 0 aliphatic heterocycles. The van der Waals surface area contributed by atoms with E-state index in [1.807, 2.05) is 148 Å². The van der Waals surface area contributed by atoms with Crippen LogP contribution in [0.15, 0.2) is 133 Å². The Morgan fingerprint density at radius 3 is 1.37 bits per heavy atom. The van der Waals surface area contributed by atoms with Gasteiger partial charge in [0.1, 0.15) is 34.4 Å². The molecule has 0 saturated carbocycles. The zero-order valence-electron chi connectivity index (χ0n) is 22.8. The largest absolute Gasteiger partial charge is 0.457 e. The van der Waals surface area contributed by atoms with E-state index in [-0.39, 0.29) is 0 Å². The van der Waals surface area contributed by atoms with Gasteiger partial charge in [-0.05, 0) is 97.1 Å². The number of benzene rings is 5. The summed E-state index contributed by atoms with van der Waals surface area (Å²) in [5.41, 5.74) is 5.21. The molecule has 0 amide bonds. The van der Waals surface area contributed by atoms with Crippen molar-refractivity contribution in [2.75, 3.05) is 19.0 Å². The van der Waals surface area contributed by atoms with E-state index in [9.17, 15) is 0 Å². The molecule has 0 radical (unpaired) electrons. The van der Waals surface area contributed by atoms with E-state index in [1.165, 1.54) is 0 Å². The van der Waals surface area contributed by atoms with Crippen LogP contribution in [0.1, 0.15) is 0 Å². The van der Waals surface area contributed by atoms with E-state index in [2.05, 4.69) is 15.1 Å². The number of rotatable bonds is 8. The summed E-state index contributed by atoms with van der Waals surface area (Å²) in [6.07, 6.45) is 0. The minimum absolute atomic E-state index is 0.558. The van der Waals surface area contributed by atoms with E-state index >= 15 is 0 Å². The molecule has 5 aromatic carbocycles. The van der Waals surface area contributed by atoms with Crippen LogP contribution in [0.4, 0.5) is 5.69 Å². The predicted molar refractivity (Wildman–Crippen MR) is 163 cm³/mol. The summed E-state index contributed by atoms with van der Waals surface area (Å²) in [5, 5.41) is 9.19. The smallest absolute Gasteiger partial charge is 0.182 e. The summed E-state index contributed by atoms with van der Waals surface area (Å²) in [6.45, 7) is 0. The maximum atomic E-state index is 6.00. The molecular weight excluding hydrogens is 508 g/mol. The van der Waals surface area contributed by atoms with Gasteiger partial charge in [0.2, 0.25) is 0 Å². The fourth-order valence-electron chi connectivity index (χ4n) is 4.36. The quantitative estimate of drug-likeness (QED) is 0.194. The molecule has 0 aliphatic rings. The standard InChI is InChI=1S/C35H28N4O2/c1-39(2)28-19-13-27(14-20-28)35-36-33(25-15-21-31(22-16-25)40-29-9-5-3-6-10-29)34(37-38-35)26-17-23-32(24-18-26)41-30-11-7-4-8-12-30/h3-24H,1-2H3. The van der Waals surface area contributed by atoms with Gasteiger partial charge in [0.05, 0.1) is 0 Å². The summed E-state index contributed by atoms with van der Waals surface area (Å²) in [5.74, 6) is 3.60. The zero-order valence-corrected chi connectivity index (χ0v) is 22.8. The number of ether oxygens (including phenoxy) is 2. The molecule has 1 aromatic heterocycles. The van der Waals surface area contributed by atoms with Gasteiger partial charge in [-0.25, -0.2) is 4.98 Å². The van der Waals surface area contributed by atoms with E-state index in [0.717, 1.165) is 51.1 Å². The SMILES string of the molecule is CN(C)c1ccc(-c2nnc(-c3ccc(Oc4ccccc4)cc3)c(-c3ccc(Oc4ccccc4)cc3)n2)cc1. The Morgan fingerprint density at radius 2 is 0.878 bits per heavy atom. The second-order valence-corrected chi connectivity index (χ2v) is 9.65. The molecule has 6 rings (SSSR count). The highest BCUT2D eigenvalue weighted by atomic mass is 16.5. The lowest BCUT2D eigenvalue weighted by Gasteiger charge is -2.13. The molecule has 0 bridgehead atoms. The van der Waals surface area contributed by atoms with E-state index in [1.54, 1.807) is 0 Å².